The van der Waals surface area contributed by atoms with Gasteiger partial charge in [0.25, 0.3) is 0 Å². The van der Waals surface area contributed by atoms with Gasteiger partial charge in [0.15, 0.2) is 0 Å². The van der Waals surface area contributed by atoms with E-state index >= 15 is 0 Å². The Morgan fingerprint density at radius 2 is 2.09 bits per heavy atom. The molecule has 0 aromatic heterocycles. The smallest absolute Gasteiger partial charge is 0.132 e. The zero-order valence-corrected chi connectivity index (χ0v) is 8.61. The second kappa shape index (κ2) is 3.54. The summed E-state index contributed by atoms with van der Waals surface area (Å²) in [5.41, 5.74) is 0.523. The van der Waals surface area contributed by atoms with Gasteiger partial charge in [-0.3, -0.25) is 0 Å². The molecule has 1 aromatic rings. The Morgan fingerprint density at radius 1 is 1.45 bits per heavy atom. The Kier molecular flexibility index (Phi) is 2.90. The summed E-state index contributed by atoms with van der Waals surface area (Å²) in [6.45, 7) is 0. The van der Waals surface area contributed by atoms with Crippen LogP contribution in [0.5, 0.6) is 5.75 Å². The van der Waals surface area contributed by atoms with E-state index in [2.05, 4.69) is 31.9 Å². The molecule has 0 atom stereocenters. The van der Waals surface area contributed by atoms with Gasteiger partial charge in [0, 0.05) is 11.4 Å². The molecule has 0 radical (unpaired) electrons. The normalized spacial score (nSPS) is 10.1. The molecule has 60 valence electrons. The lowest BCUT2D eigenvalue weighted by Crippen LogP contribution is -1.85. The Hall–Kier alpha value is -0.0900. The van der Waals surface area contributed by atoms with E-state index in [-0.39, 0.29) is 5.75 Å². The Morgan fingerprint density at radius 3 is 2.64 bits per heavy atom. The minimum absolute atomic E-state index is 0.0767. The van der Waals surface area contributed by atoms with Crippen LogP contribution in [0.25, 0.3) is 0 Å². The third-order valence-electron chi connectivity index (χ3n) is 1.26. The number of hydrogen-bond acceptors (Lipinski definition) is 1. The van der Waals surface area contributed by atoms with Crippen LogP contribution in [0, 0.1) is 5.82 Å². The summed E-state index contributed by atoms with van der Waals surface area (Å²) in [7, 11) is 0. The molecule has 0 aliphatic heterocycles. The maximum atomic E-state index is 12.8. The fourth-order valence-electron chi connectivity index (χ4n) is 0.680. The Labute approximate surface area is 80.5 Å². The third-order valence-corrected chi connectivity index (χ3v) is 2.50. The summed E-state index contributed by atoms with van der Waals surface area (Å²) in [5, 5.41) is 9.46. The summed E-state index contributed by atoms with van der Waals surface area (Å²) >= 11 is 6.21. The molecule has 1 N–H and O–H groups in total. The van der Waals surface area contributed by atoms with Crippen LogP contribution < -0.4 is 0 Å². The highest BCUT2D eigenvalue weighted by atomic mass is 79.9. The molecule has 0 unspecified atom stereocenters. The fraction of sp³-hybridized carbons (Fsp3) is 0.143. The van der Waals surface area contributed by atoms with Crippen molar-refractivity contribution >= 4 is 31.9 Å². The number of aromatic hydroxyl groups is 1. The first-order valence-corrected chi connectivity index (χ1v) is 4.79. The summed E-state index contributed by atoms with van der Waals surface area (Å²) in [6.07, 6.45) is 0. The highest BCUT2D eigenvalue weighted by Crippen LogP contribution is 2.27. The quantitative estimate of drug-likeness (QED) is 0.785. The van der Waals surface area contributed by atoms with Crippen LogP contribution in [0.15, 0.2) is 16.6 Å². The van der Waals surface area contributed by atoms with E-state index in [1.165, 1.54) is 0 Å². The fourth-order valence-corrected chi connectivity index (χ4v) is 1.50. The summed E-state index contributed by atoms with van der Waals surface area (Å²) in [6, 6.07) is 2.63. The average Bonchev–Trinajstić information content (AvgIpc) is 1.97. The minimum Gasteiger partial charge on any atom is -0.507 e. The lowest BCUT2D eigenvalue weighted by molar-refractivity contribution is 0.465. The molecular weight excluding hydrogens is 279 g/mol. The van der Waals surface area contributed by atoms with Crippen molar-refractivity contribution in [3.8, 4) is 5.75 Å². The number of benzene rings is 1. The van der Waals surface area contributed by atoms with Gasteiger partial charge in [-0.25, -0.2) is 4.39 Å². The van der Waals surface area contributed by atoms with E-state index in [9.17, 15) is 4.39 Å². The summed E-state index contributed by atoms with van der Waals surface area (Å²) in [5.74, 6) is -0.477. The lowest BCUT2D eigenvalue weighted by atomic mass is 10.2. The van der Waals surface area contributed by atoms with Gasteiger partial charge in [-0.05, 0) is 27.6 Å². The van der Waals surface area contributed by atoms with E-state index < -0.39 is 5.82 Å². The lowest BCUT2D eigenvalue weighted by Gasteiger charge is -2.01. The first-order valence-electron chi connectivity index (χ1n) is 2.88. The number of phenols is 1. The second-order valence-corrected chi connectivity index (χ2v) is 3.44. The van der Waals surface area contributed by atoms with Crippen molar-refractivity contribution in [3.63, 3.8) is 0 Å². The first kappa shape index (κ1) is 9.00. The first-order chi connectivity index (χ1) is 5.15. The third kappa shape index (κ3) is 1.93. The Bertz CT molecular complexity index is 275. The molecule has 0 aliphatic carbocycles. The van der Waals surface area contributed by atoms with Crippen molar-refractivity contribution in [2.75, 3.05) is 0 Å². The molecule has 0 saturated carbocycles. The molecule has 1 nitrogen and oxygen atoms in total. The molecule has 0 spiro atoms. The monoisotopic (exact) mass is 282 g/mol. The van der Waals surface area contributed by atoms with Crippen molar-refractivity contribution in [2.45, 2.75) is 5.33 Å². The maximum absolute atomic E-state index is 12.8. The summed E-state index contributed by atoms with van der Waals surface area (Å²) in [4.78, 5) is 0. The number of phenolic OH excluding ortho intramolecular Hbond substituents is 1. The predicted octanol–water partition coefficient (Wildman–Crippen LogP) is 3.19. The van der Waals surface area contributed by atoms with E-state index in [1.807, 2.05) is 0 Å². The molecular formula is C7H5Br2FO. The highest BCUT2D eigenvalue weighted by Gasteiger charge is 2.05. The van der Waals surface area contributed by atoms with Gasteiger partial charge in [0.1, 0.15) is 11.6 Å². The molecule has 0 amide bonds. The summed E-state index contributed by atoms with van der Waals surface area (Å²) < 4.78 is 13.3. The van der Waals surface area contributed by atoms with Crippen LogP contribution >= 0.6 is 31.9 Å². The van der Waals surface area contributed by atoms with Crippen LogP contribution in [0.1, 0.15) is 5.56 Å². The highest BCUT2D eigenvalue weighted by molar-refractivity contribution is 9.10. The van der Waals surface area contributed by atoms with Crippen LogP contribution in [-0.4, -0.2) is 5.11 Å². The Balaban J connectivity index is 3.21. The van der Waals surface area contributed by atoms with Gasteiger partial charge in [0.05, 0.1) is 4.47 Å². The zero-order chi connectivity index (χ0) is 8.43. The van der Waals surface area contributed by atoms with Crippen LogP contribution in [0.4, 0.5) is 4.39 Å². The van der Waals surface area contributed by atoms with Crippen molar-refractivity contribution in [1.29, 1.82) is 0 Å². The van der Waals surface area contributed by atoms with Gasteiger partial charge in [-0.2, -0.15) is 0 Å². The number of halogens is 3. The molecule has 1 rings (SSSR count). The molecule has 0 fully saturated rings. The van der Waals surface area contributed by atoms with Crippen molar-refractivity contribution < 1.29 is 9.50 Å². The van der Waals surface area contributed by atoms with Crippen molar-refractivity contribution in [3.05, 3.63) is 28.0 Å². The van der Waals surface area contributed by atoms with E-state index in [1.54, 1.807) is 6.07 Å². The van der Waals surface area contributed by atoms with Crippen LogP contribution in [0.2, 0.25) is 0 Å². The van der Waals surface area contributed by atoms with Gasteiger partial charge >= 0.3 is 0 Å². The zero-order valence-electron chi connectivity index (χ0n) is 5.44. The van der Waals surface area contributed by atoms with Gasteiger partial charge in [-0.1, -0.05) is 15.9 Å². The van der Waals surface area contributed by atoms with Gasteiger partial charge < -0.3 is 5.11 Å². The molecule has 1 aromatic carbocycles. The molecule has 11 heavy (non-hydrogen) atoms. The van der Waals surface area contributed by atoms with Crippen LogP contribution in [-0.2, 0) is 5.33 Å². The van der Waals surface area contributed by atoms with E-state index in [4.69, 9.17) is 5.11 Å². The van der Waals surface area contributed by atoms with E-state index in [0.29, 0.717) is 15.4 Å². The van der Waals surface area contributed by atoms with Crippen LogP contribution in [0.3, 0.4) is 0 Å². The second-order valence-electron chi connectivity index (χ2n) is 2.03. The molecule has 0 saturated heterocycles. The molecule has 0 aliphatic rings. The number of rotatable bonds is 1. The maximum Gasteiger partial charge on any atom is 0.132 e. The topological polar surface area (TPSA) is 20.2 Å². The van der Waals surface area contributed by atoms with Crippen molar-refractivity contribution in [1.82, 2.24) is 0 Å². The van der Waals surface area contributed by atoms with E-state index in [0.717, 1.165) is 6.07 Å². The molecule has 0 heterocycles. The standard InChI is InChI=1S/C7H5Br2FO/c8-3-4-1-5(9)7(11)2-6(4)10/h1-2,11H,3H2. The largest absolute Gasteiger partial charge is 0.507 e. The predicted molar refractivity (Wildman–Crippen MR) is 48.4 cm³/mol. The van der Waals surface area contributed by atoms with Gasteiger partial charge in [0.2, 0.25) is 0 Å². The molecule has 0 bridgehead atoms. The molecule has 4 heteroatoms. The average molecular weight is 284 g/mol. The minimum atomic E-state index is -0.400. The van der Waals surface area contributed by atoms with Crippen molar-refractivity contribution in [2.24, 2.45) is 0 Å². The number of hydrogen-bond donors (Lipinski definition) is 1. The SMILES string of the molecule is Oc1cc(F)c(CBr)cc1Br. The number of alkyl halides is 1. The van der Waals surface area contributed by atoms with Gasteiger partial charge in [-0.15, -0.1) is 0 Å².